The normalized spacial score (nSPS) is 12.4. The van der Waals surface area contributed by atoms with E-state index in [1.807, 2.05) is 0 Å². The van der Waals surface area contributed by atoms with Gasteiger partial charge in [0.2, 0.25) is 0 Å². The van der Waals surface area contributed by atoms with Crippen LogP contribution in [0.5, 0.6) is 0 Å². The molecule has 0 aliphatic rings. The predicted molar refractivity (Wildman–Crippen MR) is 307 cm³/mol. The fourth-order valence-electron chi connectivity index (χ4n) is 8.86. The van der Waals surface area contributed by atoms with Crippen molar-refractivity contribution in [2.45, 2.75) is 322 Å². The minimum atomic E-state index is -0.785. The van der Waals surface area contributed by atoms with Crippen molar-refractivity contribution in [2.24, 2.45) is 0 Å². The Morgan fingerprint density at radius 3 is 0.873 bits per heavy atom. The summed E-state index contributed by atoms with van der Waals surface area (Å²) in [6, 6.07) is 0. The van der Waals surface area contributed by atoms with Gasteiger partial charge in [0.15, 0.2) is 6.10 Å². The molecule has 0 saturated carbocycles. The van der Waals surface area contributed by atoms with Gasteiger partial charge >= 0.3 is 17.9 Å². The quantitative estimate of drug-likeness (QED) is 0.0261. The molecule has 0 rings (SSSR count). The molecule has 0 aromatic heterocycles. The summed E-state index contributed by atoms with van der Waals surface area (Å²) in [7, 11) is 0. The van der Waals surface area contributed by atoms with Crippen LogP contribution in [0, 0.1) is 0 Å². The highest BCUT2D eigenvalue weighted by Crippen LogP contribution is 2.16. The van der Waals surface area contributed by atoms with Gasteiger partial charge in [-0.1, -0.05) is 255 Å². The molecule has 6 heteroatoms. The molecule has 6 nitrogen and oxygen atoms in total. The largest absolute Gasteiger partial charge is 0.462 e. The summed E-state index contributed by atoms with van der Waals surface area (Å²) in [6.07, 6.45) is 75.0. The van der Waals surface area contributed by atoms with Crippen LogP contribution in [-0.4, -0.2) is 37.2 Å². The lowest BCUT2D eigenvalue weighted by Crippen LogP contribution is -2.30. The molecular formula is C65H116O6. The van der Waals surface area contributed by atoms with Crippen LogP contribution in [0.25, 0.3) is 0 Å². The van der Waals surface area contributed by atoms with Crippen molar-refractivity contribution in [2.75, 3.05) is 13.2 Å². The van der Waals surface area contributed by atoms with Gasteiger partial charge in [-0.2, -0.15) is 0 Å². The molecule has 0 aromatic carbocycles. The maximum absolute atomic E-state index is 12.9. The Morgan fingerprint density at radius 2 is 0.549 bits per heavy atom. The van der Waals surface area contributed by atoms with Gasteiger partial charge in [-0.3, -0.25) is 14.4 Å². The van der Waals surface area contributed by atoms with Crippen LogP contribution in [0.1, 0.15) is 316 Å². The molecule has 1 atom stereocenters. The fourth-order valence-corrected chi connectivity index (χ4v) is 8.86. The maximum atomic E-state index is 12.9. The summed E-state index contributed by atoms with van der Waals surface area (Å²) >= 11 is 0. The molecule has 412 valence electrons. The molecule has 0 aliphatic carbocycles. The Bertz CT molecular complexity index is 1280. The number of hydrogen-bond acceptors (Lipinski definition) is 6. The van der Waals surface area contributed by atoms with Crippen molar-refractivity contribution in [3.05, 3.63) is 60.8 Å². The number of carbonyl (C=O) groups excluding carboxylic acids is 3. The molecule has 1 unspecified atom stereocenters. The molecule has 0 amide bonds. The van der Waals surface area contributed by atoms with Crippen LogP contribution in [0.15, 0.2) is 60.8 Å². The Balaban J connectivity index is 4.38. The molecule has 71 heavy (non-hydrogen) atoms. The van der Waals surface area contributed by atoms with Crippen LogP contribution in [0.2, 0.25) is 0 Å². The minimum Gasteiger partial charge on any atom is -0.462 e. The average Bonchev–Trinajstić information content (AvgIpc) is 3.37. The Hall–Kier alpha value is -2.89. The van der Waals surface area contributed by atoms with E-state index in [4.69, 9.17) is 14.2 Å². The summed E-state index contributed by atoms with van der Waals surface area (Å²) < 4.78 is 16.9. The van der Waals surface area contributed by atoms with E-state index in [9.17, 15) is 14.4 Å². The van der Waals surface area contributed by atoms with Crippen LogP contribution in [0.3, 0.4) is 0 Å². The van der Waals surface area contributed by atoms with Gasteiger partial charge in [0.05, 0.1) is 0 Å². The van der Waals surface area contributed by atoms with Crippen LogP contribution >= 0.6 is 0 Å². The standard InChI is InChI=1S/C65H116O6/c1-4-7-10-13-16-19-22-25-28-31-33-35-37-40-43-46-49-52-55-58-64(67)70-61-62(60-69-63(66)57-54-51-48-45-42-39-36-30-27-24-21-18-15-12-9-6-3)71-65(68)59-56-53-50-47-44-41-38-34-32-29-26-23-20-17-14-11-8-5-2/h7,10,16,19,25,28,30,34,36,38,62H,4-6,8-9,11-15,17-18,20-24,26-27,29,31-33,35,37,39-61H2,1-3H3/b10-7-,19-16-,28-25-,36-30-,38-34-. The van der Waals surface area contributed by atoms with Crippen LogP contribution in [0.4, 0.5) is 0 Å². The third-order valence-electron chi connectivity index (χ3n) is 13.5. The average molecular weight is 994 g/mol. The molecule has 0 saturated heterocycles. The lowest BCUT2D eigenvalue weighted by molar-refractivity contribution is -0.167. The maximum Gasteiger partial charge on any atom is 0.306 e. The molecule has 0 radical (unpaired) electrons. The highest BCUT2D eigenvalue weighted by atomic mass is 16.6. The number of unbranched alkanes of at least 4 members (excludes halogenated alkanes) is 35. The second-order valence-electron chi connectivity index (χ2n) is 20.6. The van der Waals surface area contributed by atoms with Crippen molar-refractivity contribution in [3.8, 4) is 0 Å². The zero-order valence-corrected chi connectivity index (χ0v) is 47.2. The zero-order chi connectivity index (χ0) is 51.4. The summed E-state index contributed by atoms with van der Waals surface area (Å²) in [5, 5.41) is 0. The first kappa shape index (κ1) is 68.1. The van der Waals surface area contributed by atoms with E-state index in [1.54, 1.807) is 0 Å². The summed E-state index contributed by atoms with van der Waals surface area (Å²) in [6.45, 7) is 6.55. The van der Waals surface area contributed by atoms with Gasteiger partial charge < -0.3 is 14.2 Å². The van der Waals surface area contributed by atoms with Crippen LogP contribution in [-0.2, 0) is 28.6 Å². The third-order valence-corrected chi connectivity index (χ3v) is 13.5. The number of carbonyl (C=O) groups is 3. The number of rotatable bonds is 56. The Labute approximate surface area is 440 Å². The van der Waals surface area contributed by atoms with E-state index in [2.05, 4.69) is 81.5 Å². The highest BCUT2D eigenvalue weighted by molar-refractivity contribution is 5.71. The number of hydrogen-bond donors (Lipinski definition) is 0. The van der Waals surface area contributed by atoms with E-state index in [1.165, 1.54) is 180 Å². The summed E-state index contributed by atoms with van der Waals surface area (Å²) in [4.78, 5) is 38.3. The van der Waals surface area contributed by atoms with Crippen molar-refractivity contribution < 1.29 is 28.6 Å². The monoisotopic (exact) mass is 993 g/mol. The molecule has 0 heterocycles. The molecule has 0 aromatic rings. The molecule has 0 bridgehead atoms. The summed E-state index contributed by atoms with van der Waals surface area (Å²) in [5.74, 6) is -0.888. The molecule has 0 N–H and O–H groups in total. The predicted octanol–water partition coefficient (Wildman–Crippen LogP) is 20.8. The lowest BCUT2D eigenvalue weighted by atomic mass is 10.1. The van der Waals surface area contributed by atoms with Gasteiger partial charge in [-0.15, -0.1) is 0 Å². The topological polar surface area (TPSA) is 78.9 Å². The van der Waals surface area contributed by atoms with E-state index in [-0.39, 0.29) is 31.1 Å². The van der Waals surface area contributed by atoms with Gasteiger partial charge in [-0.05, 0) is 103 Å². The first-order valence-corrected chi connectivity index (χ1v) is 30.8. The smallest absolute Gasteiger partial charge is 0.306 e. The molecule has 0 spiro atoms. The van der Waals surface area contributed by atoms with Crippen molar-refractivity contribution in [1.29, 1.82) is 0 Å². The van der Waals surface area contributed by atoms with E-state index in [0.29, 0.717) is 19.3 Å². The van der Waals surface area contributed by atoms with Crippen molar-refractivity contribution >= 4 is 17.9 Å². The van der Waals surface area contributed by atoms with E-state index in [0.717, 1.165) is 96.3 Å². The second-order valence-corrected chi connectivity index (χ2v) is 20.6. The van der Waals surface area contributed by atoms with Gasteiger partial charge in [0, 0.05) is 19.3 Å². The number of ether oxygens (including phenoxy) is 3. The first-order valence-electron chi connectivity index (χ1n) is 30.8. The van der Waals surface area contributed by atoms with Crippen molar-refractivity contribution in [1.82, 2.24) is 0 Å². The second kappa shape index (κ2) is 59.7. The lowest BCUT2D eigenvalue weighted by Gasteiger charge is -2.18. The van der Waals surface area contributed by atoms with E-state index < -0.39 is 6.10 Å². The minimum absolute atomic E-state index is 0.0816. The molecular weight excluding hydrogens is 877 g/mol. The Kier molecular flexibility index (Phi) is 57.2. The Morgan fingerprint density at radius 1 is 0.296 bits per heavy atom. The van der Waals surface area contributed by atoms with Crippen molar-refractivity contribution in [3.63, 3.8) is 0 Å². The highest BCUT2D eigenvalue weighted by Gasteiger charge is 2.19. The number of esters is 3. The third kappa shape index (κ3) is 57.9. The molecule has 0 aliphatic heterocycles. The number of allylic oxidation sites excluding steroid dienone is 10. The fraction of sp³-hybridized carbons (Fsp3) is 0.800. The first-order chi connectivity index (χ1) is 35.0. The van der Waals surface area contributed by atoms with Gasteiger partial charge in [-0.25, -0.2) is 0 Å². The SMILES string of the molecule is CC/C=C\C/C=C\C/C=C\CCCCCCCCCCCC(=O)OCC(COC(=O)CCCCCCC/C=C\CCCCCCCCC)OC(=O)CCCCCCC/C=C\CCCCCCCCCCC. The van der Waals surface area contributed by atoms with Gasteiger partial charge in [0.1, 0.15) is 13.2 Å². The van der Waals surface area contributed by atoms with Crippen LogP contribution < -0.4 is 0 Å². The zero-order valence-electron chi connectivity index (χ0n) is 47.2. The molecule has 0 fully saturated rings. The summed E-state index contributed by atoms with van der Waals surface area (Å²) in [5.41, 5.74) is 0. The van der Waals surface area contributed by atoms with E-state index >= 15 is 0 Å². The van der Waals surface area contributed by atoms with Gasteiger partial charge in [0.25, 0.3) is 0 Å².